The summed E-state index contributed by atoms with van der Waals surface area (Å²) in [6.07, 6.45) is 34.1. The third-order valence-corrected chi connectivity index (χ3v) is 6.91. The summed E-state index contributed by atoms with van der Waals surface area (Å²) in [5.74, 6) is -1.89. The first-order valence-corrected chi connectivity index (χ1v) is 15.3. The molecule has 0 aliphatic heterocycles. The molecule has 0 rings (SSSR count). The lowest BCUT2D eigenvalue weighted by Crippen LogP contribution is -2.21. The van der Waals surface area contributed by atoms with Crippen LogP contribution in [0.4, 0.5) is 0 Å². The van der Waals surface area contributed by atoms with Gasteiger partial charge in [-0.2, -0.15) is 0 Å². The maximum atomic E-state index is 12.0. The van der Waals surface area contributed by atoms with E-state index in [1.165, 1.54) is 122 Å². The van der Waals surface area contributed by atoms with Gasteiger partial charge >= 0.3 is 11.9 Å². The van der Waals surface area contributed by atoms with Crippen molar-refractivity contribution in [2.24, 2.45) is 5.92 Å². The zero-order valence-electron chi connectivity index (χ0n) is 23.7. The number of ether oxygens (including phenoxy) is 1. The molecule has 0 spiro atoms. The Labute approximate surface area is 223 Å². The Balaban J connectivity index is 3.39. The number of aliphatic carboxylic acids is 1. The monoisotopic (exact) mass is 506 g/mol. The molecule has 0 aromatic carbocycles. The molecule has 36 heavy (non-hydrogen) atoms. The molecule has 0 fully saturated rings. The maximum absolute atomic E-state index is 12.0. The van der Waals surface area contributed by atoms with Gasteiger partial charge in [0.25, 0.3) is 0 Å². The number of carboxylic acids is 1. The lowest BCUT2D eigenvalue weighted by Gasteiger charge is -2.13. The van der Waals surface area contributed by atoms with Gasteiger partial charge in [-0.1, -0.05) is 141 Å². The summed E-state index contributed by atoms with van der Waals surface area (Å²) in [4.78, 5) is 22.9. The van der Waals surface area contributed by atoms with Crippen molar-refractivity contribution in [3.63, 3.8) is 0 Å². The maximum Gasteiger partial charge on any atom is 0.309 e. The third-order valence-electron chi connectivity index (χ3n) is 6.91. The Morgan fingerprint density at radius 1 is 0.694 bits per heavy atom. The van der Waals surface area contributed by atoms with Crippen LogP contribution < -0.4 is 0 Å². The van der Waals surface area contributed by atoms with Crippen LogP contribution in [0.2, 0.25) is 0 Å². The second-order valence-corrected chi connectivity index (χ2v) is 10.4. The van der Waals surface area contributed by atoms with E-state index >= 15 is 0 Å². The van der Waals surface area contributed by atoms with Crippen molar-refractivity contribution in [1.29, 1.82) is 0 Å². The number of hydrogen-bond acceptors (Lipinski definition) is 3. The van der Waals surface area contributed by atoms with E-state index in [0.717, 1.165) is 19.3 Å². The van der Waals surface area contributed by atoms with E-state index in [0.29, 0.717) is 6.42 Å². The van der Waals surface area contributed by atoms with E-state index in [9.17, 15) is 9.59 Å². The predicted octanol–water partition coefficient (Wildman–Crippen LogP) is 9.96. The van der Waals surface area contributed by atoms with Crippen LogP contribution in [0.3, 0.4) is 0 Å². The van der Waals surface area contributed by atoms with E-state index in [-0.39, 0.29) is 13.0 Å². The van der Waals surface area contributed by atoms with Crippen LogP contribution in [0.25, 0.3) is 0 Å². The second-order valence-electron chi connectivity index (χ2n) is 10.4. The minimum absolute atomic E-state index is 0.145. The average molecular weight is 507 g/mol. The molecule has 0 aliphatic rings. The third kappa shape index (κ3) is 25.5. The van der Waals surface area contributed by atoms with Crippen molar-refractivity contribution in [1.82, 2.24) is 0 Å². The molecule has 0 radical (unpaired) electrons. The van der Waals surface area contributed by atoms with Crippen molar-refractivity contribution in [2.45, 2.75) is 155 Å². The smallest absolute Gasteiger partial charge is 0.309 e. The Morgan fingerprint density at radius 2 is 1.11 bits per heavy atom. The number of rotatable bonds is 28. The van der Waals surface area contributed by atoms with Crippen LogP contribution in [0.1, 0.15) is 155 Å². The molecule has 210 valence electrons. The lowest BCUT2D eigenvalue weighted by molar-refractivity contribution is -0.152. The summed E-state index contributed by atoms with van der Waals surface area (Å²) < 4.78 is 5.03. The topological polar surface area (TPSA) is 63.6 Å². The van der Waals surface area contributed by atoms with Crippen LogP contribution in [-0.4, -0.2) is 23.7 Å². The van der Waals surface area contributed by atoms with Gasteiger partial charge in [0.2, 0.25) is 0 Å². The summed E-state index contributed by atoms with van der Waals surface area (Å²) in [6.45, 7) is 5.94. The molecule has 0 amide bonds. The Hall–Kier alpha value is -1.58. The van der Waals surface area contributed by atoms with Gasteiger partial charge in [0.1, 0.15) is 6.61 Å². The number of carbonyl (C=O) groups is 2. The van der Waals surface area contributed by atoms with Crippen molar-refractivity contribution in [3.05, 3.63) is 24.8 Å². The van der Waals surface area contributed by atoms with Crippen LogP contribution >= 0.6 is 0 Å². The SMILES string of the molecule is C=CCOC(=O)C(CCCCCCCCCCCCCCC/C=C/CCCCCCCC)CC(=O)O. The highest BCUT2D eigenvalue weighted by Crippen LogP contribution is 2.18. The molecule has 0 aliphatic carbocycles. The minimum atomic E-state index is -0.943. The van der Waals surface area contributed by atoms with Crippen LogP contribution in [0.5, 0.6) is 0 Å². The predicted molar refractivity (Wildman–Crippen MR) is 153 cm³/mol. The zero-order valence-corrected chi connectivity index (χ0v) is 23.7. The number of hydrogen-bond donors (Lipinski definition) is 1. The molecular weight excluding hydrogens is 448 g/mol. The van der Waals surface area contributed by atoms with Crippen molar-refractivity contribution < 1.29 is 19.4 Å². The first-order chi connectivity index (χ1) is 17.6. The Kier molecular flexibility index (Phi) is 26.8. The highest BCUT2D eigenvalue weighted by Gasteiger charge is 2.22. The minimum Gasteiger partial charge on any atom is -0.481 e. The van der Waals surface area contributed by atoms with Gasteiger partial charge in [0, 0.05) is 0 Å². The molecule has 4 heteroatoms. The average Bonchev–Trinajstić information content (AvgIpc) is 2.86. The van der Waals surface area contributed by atoms with E-state index in [2.05, 4.69) is 25.7 Å². The standard InChI is InChI=1S/C32H58O4/c1-3-5-6-7-8-9-10-11-12-13-14-15-16-17-18-19-20-21-22-23-24-25-26-27-30(29-31(33)34)32(35)36-28-4-2/h4,11-12,30H,2-3,5-10,13-29H2,1H3,(H,33,34)/b12-11+. The van der Waals surface area contributed by atoms with E-state index < -0.39 is 17.9 Å². The van der Waals surface area contributed by atoms with Gasteiger partial charge in [-0.25, -0.2) is 0 Å². The van der Waals surface area contributed by atoms with E-state index in [4.69, 9.17) is 9.84 Å². The van der Waals surface area contributed by atoms with Crippen molar-refractivity contribution >= 4 is 11.9 Å². The quantitative estimate of drug-likeness (QED) is 0.0651. The number of allylic oxidation sites excluding steroid dienone is 2. The second kappa shape index (κ2) is 28.0. The van der Waals surface area contributed by atoms with Gasteiger partial charge in [0.15, 0.2) is 0 Å². The van der Waals surface area contributed by atoms with Gasteiger partial charge in [-0.3, -0.25) is 9.59 Å². The normalized spacial score (nSPS) is 12.1. The number of carboxylic acid groups (broad SMARTS) is 1. The molecule has 0 bridgehead atoms. The lowest BCUT2D eigenvalue weighted by atomic mass is 9.97. The first kappa shape index (κ1) is 34.4. The van der Waals surface area contributed by atoms with Crippen molar-refractivity contribution in [3.8, 4) is 0 Å². The van der Waals surface area contributed by atoms with Crippen molar-refractivity contribution in [2.75, 3.05) is 6.61 Å². The molecule has 1 atom stereocenters. The number of unbranched alkanes of at least 4 members (excludes halogenated alkanes) is 19. The molecule has 0 aromatic heterocycles. The molecule has 4 nitrogen and oxygen atoms in total. The largest absolute Gasteiger partial charge is 0.481 e. The van der Waals surface area contributed by atoms with Crippen LogP contribution in [-0.2, 0) is 14.3 Å². The van der Waals surface area contributed by atoms with Crippen LogP contribution in [0.15, 0.2) is 24.8 Å². The summed E-state index contributed by atoms with van der Waals surface area (Å²) in [5.41, 5.74) is 0. The molecule has 1 N–H and O–H groups in total. The summed E-state index contributed by atoms with van der Waals surface area (Å²) in [6, 6.07) is 0. The molecule has 0 aromatic rings. The fourth-order valence-corrected chi connectivity index (χ4v) is 4.65. The van der Waals surface area contributed by atoms with Gasteiger partial charge < -0.3 is 9.84 Å². The zero-order chi connectivity index (χ0) is 26.5. The van der Waals surface area contributed by atoms with Gasteiger partial charge in [0.05, 0.1) is 12.3 Å². The number of esters is 1. The highest BCUT2D eigenvalue weighted by atomic mass is 16.5. The molecule has 0 saturated heterocycles. The molecule has 0 saturated carbocycles. The highest BCUT2D eigenvalue weighted by molar-refractivity contribution is 5.79. The first-order valence-electron chi connectivity index (χ1n) is 15.3. The molecule has 0 heterocycles. The molecular formula is C32H58O4. The number of carbonyl (C=O) groups excluding carboxylic acids is 1. The Morgan fingerprint density at radius 3 is 1.53 bits per heavy atom. The van der Waals surface area contributed by atoms with E-state index in [1.54, 1.807) is 0 Å². The van der Waals surface area contributed by atoms with Gasteiger partial charge in [-0.05, 0) is 32.1 Å². The van der Waals surface area contributed by atoms with E-state index in [1.807, 2.05) is 0 Å². The molecule has 1 unspecified atom stereocenters. The summed E-state index contributed by atoms with van der Waals surface area (Å²) >= 11 is 0. The fraction of sp³-hybridized carbons (Fsp3) is 0.812. The van der Waals surface area contributed by atoms with Crippen LogP contribution in [0, 0.1) is 5.92 Å². The van der Waals surface area contributed by atoms with Gasteiger partial charge in [-0.15, -0.1) is 0 Å². The summed E-state index contributed by atoms with van der Waals surface area (Å²) in [7, 11) is 0. The fourth-order valence-electron chi connectivity index (χ4n) is 4.65. The Bertz CT molecular complexity index is 540. The summed E-state index contributed by atoms with van der Waals surface area (Å²) in [5, 5.41) is 9.01.